The zero-order valence-electron chi connectivity index (χ0n) is 13.3. The number of amides is 1. The van der Waals surface area contributed by atoms with Gasteiger partial charge in [0.05, 0.1) is 23.4 Å². The molecule has 5 nitrogen and oxygen atoms in total. The molecule has 1 fully saturated rings. The van der Waals surface area contributed by atoms with Crippen LogP contribution in [0.3, 0.4) is 0 Å². The third-order valence-corrected chi connectivity index (χ3v) is 4.08. The molecular weight excluding hydrogens is 295 g/mol. The van der Waals surface area contributed by atoms with Gasteiger partial charge in [0, 0.05) is 32.7 Å². The molecule has 0 radical (unpaired) electrons. The first-order chi connectivity index (χ1) is 11.1. The van der Waals surface area contributed by atoms with Gasteiger partial charge in [0.25, 0.3) is 0 Å². The summed E-state index contributed by atoms with van der Waals surface area (Å²) < 4.78 is 14.1. The maximum atomic E-state index is 14.1. The fourth-order valence-corrected chi connectivity index (χ4v) is 2.67. The molecule has 122 valence electrons. The highest BCUT2D eigenvalue weighted by Gasteiger charge is 2.26. The van der Waals surface area contributed by atoms with Gasteiger partial charge in [0.1, 0.15) is 5.82 Å². The van der Waals surface area contributed by atoms with E-state index < -0.39 is 0 Å². The summed E-state index contributed by atoms with van der Waals surface area (Å²) in [5.74, 6) is -0.405. The molecule has 1 saturated heterocycles. The molecule has 1 aliphatic rings. The fourth-order valence-electron chi connectivity index (χ4n) is 2.67. The van der Waals surface area contributed by atoms with Crippen molar-refractivity contribution in [1.29, 1.82) is 5.26 Å². The summed E-state index contributed by atoms with van der Waals surface area (Å²) in [5.41, 5.74) is 0.824. The molecule has 1 heterocycles. The summed E-state index contributed by atoms with van der Waals surface area (Å²) in [6.07, 6.45) is 1.65. The van der Waals surface area contributed by atoms with Crippen LogP contribution in [0.2, 0.25) is 0 Å². The average Bonchev–Trinajstić information content (AvgIpc) is 2.59. The van der Waals surface area contributed by atoms with Crippen molar-refractivity contribution in [2.75, 3.05) is 37.6 Å². The van der Waals surface area contributed by atoms with Crippen LogP contribution in [-0.4, -0.2) is 49.6 Å². The first-order valence-electron chi connectivity index (χ1n) is 7.64. The predicted molar refractivity (Wildman–Crippen MR) is 87.6 cm³/mol. The van der Waals surface area contributed by atoms with Gasteiger partial charge in [0.2, 0.25) is 5.91 Å². The lowest BCUT2D eigenvalue weighted by Crippen LogP contribution is -2.54. The number of carbonyl (C=O) groups is 1. The van der Waals surface area contributed by atoms with Crippen molar-refractivity contribution in [3.05, 3.63) is 42.2 Å². The fraction of sp³-hybridized carbons (Fsp3) is 0.412. The van der Waals surface area contributed by atoms with Crippen molar-refractivity contribution in [2.24, 2.45) is 0 Å². The standard InChI is InChI=1S/C17H21FN4O/c1-3-6-20-17(23)13(2)21-7-9-22(10-8-21)16-5-4-14(12-19)11-15(16)18/h3-5,11,13H,1,6-10H2,2H3,(H,20,23). The Morgan fingerprint density at radius 3 is 2.74 bits per heavy atom. The molecule has 0 saturated carbocycles. The Kier molecular flexibility index (Phi) is 5.72. The maximum Gasteiger partial charge on any atom is 0.237 e. The lowest BCUT2D eigenvalue weighted by molar-refractivity contribution is -0.125. The van der Waals surface area contributed by atoms with Gasteiger partial charge in [-0.25, -0.2) is 4.39 Å². The third kappa shape index (κ3) is 4.08. The van der Waals surface area contributed by atoms with Gasteiger partial charge in [-0.05, 0) is 25.1 Å². The van der Waals surface area contributed by atoms with Crippen LogP contribution in [0.4, 0.5) is 10.1 Å². The number of nitriles is 1. The number of nitrogens with zero attached hydrogens (tertiary/aromatic N) is 3. The third-order valence-electron chi connectivity index (χ3n) is 4.08. The SMILES string of the molecule is C=CCNC(=O)C(C)N1CCN(c2ccc(C#N)cc2F)CC1. The molecule has 1 unspecified atom stereocenters. The first-order valence-corrected chi connectivity index (χ1v) is 7.64. The minimum Gasteiger partial charge on any atom is -0.367 e. The Morgan fingerprint density at radius 2 is 2.17 bits per heavy atom. The van der Waals surface area contributed by atoms with Crippen LogP contribution in [-0.2, 0) is 4.79 Å². The highest BCUT2D eigenvalue weighted by atomic mass is 19.1. The number of rotatable bonds is 5. The van der Waals surface area contributed by atoms with E-state index in [4.69, 9.17) is 5.26 Å². The molecule has 1 aliphatic heterocycles. The highest BCUT2D eigenvalue weighted by Crippen LogP contribution is 2.22. The largest absolute Gasteiger partial charge is 0.367 e. The van der Waals surface area contributed by atoms with Gasteiger partial charge >= 0.3 is 0 Å². The second kappa shape index (κ2) is 7.75. The number of hydrogen-bond acceptors (Lipinski definition) is 4. The Labute approximate surface area is 136 Å². The molecule has 1 aromatic carbocycles. The van der Waals surface area contributed by atoms with Crippen molar-refractivity contribution in [3.63, 3.8) is 0 Å². The molecular formula is C17H21FN4O. The van der Waals surface area contributed by atoms with E-state index in [-0.39, 0.29) is 17.8 Å². The summed E-state index contributed by atoms with van der Waals surface area (Å²) in [7, 11) is 0. The van der Waals surface area contributed by atoms with Gasteiger partial charge < -0.3 is 10.2 Å². The number of carbonyl (C=O) groups excluding carboxylic acids is 1. The highest BCUT2D eigenvalue weighted by molar-refractivity contribution is 5.81. The van der Waals surface area contributed by atoms with Crippen LogP contribution in [0.1, 0.15) is 12.5 Å². The second-order valence-electron chi connectivity index (χ2n) is 5.51. The Bertz CT molecular complexity index is 618. The molecule has 1 aromatic rings. The van der Waals surface area contributed by atoms with Crippen LogP contribution in [0.15, 0.2) is 30.9 Å². The predicted octanol–water partition coefficient (Wildman–Crippen LogP) is 1.51. The molecule has 1 atom stereocenters. The van der Waals surface area contributed by atoms with Crippen molar-refractivity contribution < 1.29 is 9.18 Å². The molecule has 0 aromatic heterocycles. The summed E-state index contributed by atoms with van der Waals surface area (Å²) in [6, 6.07) is 6.23. The summed E-state index contributed by atoms with van der Waals surface area (Å²) >= 11 is 0. The lowest BCUT2D eigenvalue weighted by Gasteiger charge is -2.38. The van der Waals surface area contributed by atoms with Gasteiger partial charge in [0.15, 0.2) is 0 Å². The molecule has 6 heteroatoms. The average molecular weight is 316 g/mol. The van der Waals surface area contributed by atoms with Crippen molar-refractivity contribution >= 4 is 11.6 Å². The minimum atomic E-state index is -0.380. The smallest absolute Gasteiger partial charge is 0.237 e. The monoisotopic (exact) mass is 316 g/mol. The zero-order chi connectivity index (χ0) is 16.8. The van der Waals surface area contributed by atoms with Gasteiger partial charge in [-0.2, -0.15) is 5.26 Å². The van der Waals surface area contributed by atoms with Crippen LogP contribution < -0.4 is 10.2 Å². The number of benzene rings is 1. The molecule has 23 heavy (non-hydrogen) atoms. The van der Waals surface area contributed by atoms with Crippen LogP contribution >= 0.6 is 0 Å². The van der Waals surface area contributed by atoms with E-state index in [9.17, 15) is 9.18 Å². The van der Waals surface area contributed by atoms with E-state index in [0.717, 1.165) is 0 Å². The molecule has 2 rings (SSSR count). The van der Waals surface area contributed by atoms with Gasteiger partial charge in [-0.3, -0.25) is 9.69 Å². The zero-order valence-corrected chi connectivity index (χ0v) is 13.3. The maximum absolute atomic E-state index is 14.1. The first kappa shape index (κ1) is 17.0. The number of piperazine rings is 1. The number of halogens is 1. The minimum absolute atomic E-state index is 0.0251. The molecule has 1 amide bonds. The Hall–Kier alpha value is -2.39. The summed E-state index contributed by atoms with van der Waals surface area (Å²) in [6.45, 7) is 8.55. The Balaban J connectivity index is 1.95. The normalized spacial score (nSPS) is 16.5. The van der Waals surface area contributed by atoms with Gasteiger partial charge in [-0.1, -0.05) is 6.08 Å². The van der Waals surface area contributed by atoms with E-state index in [1.54, 1.807) is 18.2 Å². The van der Waals surface area contributed by atoms with E-state index in [1.807, 2.05) is 17.9 Å². The molecule has 0 spiro atoms. The van der Waals surface area contributed by atoms with E-state index in [1.165, 1.54) is 6.07 Å². The molecule has 1 N–H and O–H groups in total. The molecule has 0 aliphatic carbocycles. The van der Waals surface area contributed by atoms with Crippen molar-refractivity contribution in [2.45, 2.75) is 13.0 Å². The van der Waals surface area contributed by atoms with Crippen LogP contribution in [0.5, 0.6) is 0 Å². The van der Waals surface area contributed by atoms with Crippen LogP contribution in [0.25, 0.3) is 0 Å². The lowest BCUT2D eigenvalue weighted by atomic mass is 10.1. The number of hydrogen-bond donors (Lipinski definition) is 1. The van der Waals surface area contributed by atoms with Gasteiger partial charge in [-0.15, -0.1) is 6.58 Å². The summed E-state index contributed by atoms with van der Waals surface area (Å²) in [4.78, 5) is 16.0. The second-order valence-corrected chi connectivity index (χ2v) is 5.51. The van der Waals surface area contributed by atoms with E-state index in [0.29, 0.717) is 44.0 Å². The van der Waals surface area contributed by atoms with Crippen molar-refractivity contribution in [1.82, 2.24) is 10.2 Å². The molecule has 0 bridgehead atoms. The van der Waals surface area contributed by atoms with Crippen LogP contribution in [0, 0.1) is 17.1 Å². The Morgan fingerprint density at radius 1 is 1.48 bits per heavy atom. The van der Waals surface area contributed by atoms with E-state index >= 15 is 0 Å². The number of anilines is 1. The summed E-state index contributed by atoms with van der Waals surface area (Å²) in [5, 5.41) is 11.6. The van der Waals surface area contributed by atoms with Crippen molar-refractivity contribution in [3.8, 4) is 6.07 Å². The quantitative estimate of drug-likeness (QED) is 0.837. The number of nitrogens with one attached hydrogen (secondary N) is 1. The topological polar surface area (TPSA) is 59.4 Å². The van der Waals surface area contributed by atoms with E-state index in [2.05, 4.69) is 16.8 Å².